The van der Waals surface area contributed by atoms with E-state index in [1.165, 1.54) is 0 Å². The van der Waals surface area contributed by atoms with Crippen molar-refractivity contribution in [3.8, 4) is 0 Å². The Hall–Kier alpha value is -0.770. The topological polar surface area (TPSA) is 29.3 Å². The standard InChI is InChI=1S/C11H11Cl2N3/c12-8-1-2-16-9(4-8)11(13)15-10(16)3-7-5-14-6-7/h1-2,4,7,14H,3,5-6H2. The summed E-state index contributed by atoms with van der Waals surface area (Å²) in [5, 5.41) is 4.47. The molecule has 3 nitrogen and oxygen atoms in total. The van der Waals surface area contributed by atoms with Crippen molar-refractivity contribution in [1.82, 2.24) is 14.7 Å². The predicted octanol–water partition coefficient (Wildman–Crippen LogP) is 2.40. The number of fused-ring (bicyclic) bond motifs is 1. The Morgan fingerprint density at radius 2 is 2.25 bits per heavy atom. The molecule has 0 aliphatic carbocycles. The minimum atomic E-state index is 0.532. The van der Waals surface area contributed by atoms with E-state index in [1.807, 2.05) is 22.7 Å². The van der Waals surface area contributed by atoms with Crippen LogP contribution in [-0.4, -0.2) is 22.5 Å². The van der Waals surface area contributed by atoms with Crippen LogP contribution in [0.1, 0.15) is 5.82 Å². The first-order chi connectivity index (χ1) is 7.74. The maximum atomic E-state index is 6.09. The maximum Gasteiger partial charge on any atom is 0.155 e. The van der Waals surface area contributed by atoms with Gasteiger partial charge in [-0.15, -0.1) is 0 Å². The number of imidazole rings is 1. The lowest BCUT2D eigenvalue weighted by Gasteiger charge is -2.26. The monoisotopic (exact) mass is 255 g/mol. The summed E-state index contributed by atoms with van der Waals surface area (Å²) in [7, 11) is 0. The molecular formula is C11H11Cl2N3. The summed E-state index contributed by atoms with van der Waals surface area (Å²) < 4.78 is 2.02. The molecule has 0 amide bonds. The highest BCUT2D eigenvalue weighted by Gasteiger charge is 2.20. The SMILES string of the molecule is Clc1ccn2c(CC3CNC3)nc(Cl)c2c1. The average Bonchev–Trinajstić information content (AvgIpc) is 2.50. The average molecular weight is 256 g/mol. The van der Waals surface area contributed by atoms with Gasteiger partial charge >= 0.3 is 0 Å². The lowest BCUT2D eigenvalue weighted by atomic mass is 9.99. The van der Waals surface area contributed by atoms with E-state index in [1.54, 1.807) is 0 Å². The number of nitrogens with one attached hydrogen (secondary N) is 1. The van der Waals surface area contributed by atoms with Gasteiger partial charge in [0, 0.05) is 17.6 Å². The van der Waals surface area contributed by atoms with E-state index in [2.05, 4.69) is 10.3 Å². The third kappa shape index (κ3) is 1.69. The van der Waals surface area contributed by atoms with Gasteiger partial charge in [-0.25, -0.2) is 4.98 Å². The Morgan fingerprint density at radius 3 is 2.94 bits per heavy atom. The van der Waals surface area contributed by atoms with Gasteiger partial charge < -0.3 is 9.72 Å². The first kappa shape index (κ1) is 10.4. The van der Waals surface area contributed by atoms with Crippen LogP contribution in [0.25, 0.3) is 5.52 Å². The van der Waals surface area contributed by atoms with E-state index in [4.69, 9.17) is 23.2 Å². The van der Waals surface area contributed by atoms with E-state index in [0.29, 0.717) is 16.1 Å². The fourth-order valence-corrected chi connectivity index (χ4v) is 2.38. The zero-order chi connectivity index (χ0) is 11.1. The Balaban J connectivity index is 2.03. The highest BCUT2D eigenvalue weighted by molar-refractivity contribution is 6.34. The number of hydrogen-bond donors (Lipinski definition) is 1. The summed E-state index contributed by atoms with van der Waals surface area (Å²) in [4.78, 5) is 4.39. The van der Waals surface area contributed by atoms with Crippen LogP contribution in [0.5, 0.6) is 0 Å². The molecule has 0 atom stereocenters. The van der Waals surface area contributed by atoms with Crippen molar-refractivity contribution in [2.24, 2.45) is 5.92 Å². The first-order valence-corrected chi connectivity index (χ1v) is 6.02. The Kier molecular flexibility index (Phi) is 2.54. The summed E-state index contributed by atoms with van der Waals surface area (Å²) >= 11 is 12.0. The zero-order valence-electron chi connectivity index (χ0n) is 8.58. The predicted molar refractivity (Wildman–Crippen MR) is 65.3 cm³/mol. The van der Waals surface area contributed by atoms with Gasteiger partial charge in [0.2, 0.25) is 0 Å². The fourth-order valence-electron chi connectivity index (χ4n) is 1.98. The Morgan fingerprint density at radius 1 is 1.44 bits per heavy atom. The molecule has 1 fully saturated rings. The van der Waals surface area contributed by atoms with Gasteiger partial charge in [-0.3, -0.25) is 0 Å². The van der Waals surface area contributed by atoms with E-state index < -0.39 is 0 Å². The third-order valence-corrected chi connectivity index (χ3v) is 3.48. The van der Waals surface area contributed by atoms with Crippen molar-refractivity contribution in [3.63, 3.8) is 0 Å². The number of halogens is 2. The van der Waals surface area contributed by atoms with E-state index in [0.717, 1.165) is 30.9 Å². The molecule has 0 unspecified atom stereocenters. The lowest BCUT2D eigenvalue weighted by molar-refractivity contribution is 0.341. The van der Waals surface area contributed by atoms with E-state index in [-0.39, 0.29) is 0 Å². The van der Waals surface area contributed by atoms with Crippen LogP contribution in [-0.2, 0) is 6.42 Å². The minimum Gasteiger partial charge on any atom is -0.316 e. The molecule has 2 aromatic heterocycles. The zero-order valence-corrected chi connectivity index (χ0v) is 10.1. The van der Waals surface area contributed by atoms with Crippen LogP contribution in [0.3, 0.4) is 0 Å². The molecule has 1 aliphatic rings. The molecule has 1 N–H and O–H groups in total. The first-order valence-electron chi connectivity index (χ1n) is 5.27. The molecule has 0 bridgehead atoms. The van der Waals surface area contributed by atoms with Crippen molar-refractivity contribution in [2.75, 3.05) is 13.1 Å². The molecule has 3 heterocycles. The third-order valence-electron chi connectivity index (χ3n) is 2.97. The van der Waals surface area contributed by atoms with Gasteiger partial charge in [0.1, 0.15) is 5.82 Å². The molecule has 0 radical (unpaired) electrons. The summed E-state index contributed by atoms with van der Waals surface area (Å²) in [6.45, 7) is 2.14. The van der Waals surface area contributed by atoms with Crippen molar-refractivity contribution in [1.29, 1.82) is 0 Å². The van der Waals surface area contributed by atoms with Gasteiger partial charge in [0.05, 0.1) is 5.52 Å². The summed E-state index contributed by atoms with van der Waals surface area (Å²) in [5.74, 6) is 1.69. The molecule has 1 saturated heterocycles. The molecule has 84 valence electrons. The van der Waals surface area contributed by atoms with Gasteiger partial charge in [0.15, 0.2) is 5.15 Å². The van der Waals surface area contributed by atoms with E-state index >= 15 is 0 Å². The molecule has 16 heavy (non-hydrogen) atoms. The summed E-state index contributed by atoms with van der Waals surface area (Å²) in [6, 6.07) is 3.70. The molecule has 0 saturated carbocycles. The van der Waals surface area contributed by atoms with Gasteiger partial charge in [-0.05, 0) is 31.1 Å². The van der Waals surface area contributed by atoms with Crippen LogP contribution in [0.2, 0.25) is 10.2 Å². The Bertz CT molecular complexity index is 531. The van der Waals surface area contributed by atoms with Crippen molar-refractivity contribution in [2.45, 2.75) is 6.42 Å². The second-order valence-corrected chi connectivity index (χ2v) is 4.94. The smallest absolute Gasteiger partial charge is 0.155 e. The van der Waals surface area contributed by atoms with Crippen LogP contribution in [0, 0.1) is 5.92 Å². The molecule has 5 heteroatoms. The normalized spacial score (nSPS) is 16.6. The van der Waals surface area contributed by atoms with Crippen molar-refractivity contribution in [3.05, 3.63) is 34.3 Å². The molecule has 0 spiro atoms. The summed E-state index contributed by atoms with van der Waals surface area (Å²) in [6.07, 6.45) is 2.89. The van der Waals surface area contributed by atoms with Crippen LogP contribution >= 0.6 is 23.2 Å². The lowest BCUT2D eigenvalue weighted by Crippen LogP contribution is -2.43. The van der Waals surface area contributed by atoms with Gasteiger partial charge in [-0.1, -0.05) is 23.2 Å². The highest BCUT2D eigenvalue weighted by Crippen LogP contribution is 2.23. The minimum absolute atomic E-state index is 0.532. The van der Waals surface area contributed by atoms with Crippen LogP contribution in [0.4, 0.5) is 0 Å². The van der Waals surface area contributed by atoms with Gasteiger partial charge in [0.25, 0.3) is 0 Å². The van der Waals surface area contributed by atoms with Crippen molar-refractivity contribution < 1.29 is 0 Å². The number of rotatable bonds is 2. The molecular weight excluding hydrogens is 245 g/mol. The molecule has 0 aromatic carbocycles. The van der Waals surface area contributed by atoms with Crippen LogP contribution < -0.4 is 5.32 Å². The molecule has 1 aliphatic heterocycles. The Labute approximate surface area is 103 Å². The fraction of sp³-hybridized carbons (Fsp3) is 0.364. The maximum absolute atomic E-state index is 6.09. The molecule has 3 rings (SSSR count). The number of aromatic nitrogens is 2. The number of pyridine rings is 1. The van der Waals surface area contributed by atoms with Gasteiger partial charge in [-0.2, -0.15) is 0 Å². The van der Waals surface area contributed by atoms with Crippen molar-refractivity contribution >= 4 is 28.7 Å². The molecule has 2 aromatic rings. The quantitative estimate of drug-likeness (QED) is 0.894. The van der Waals surface area contributed by atoms with E-state index in [9.17, 15) is 0 Å². The second kappa shape index (κ2) is 3.91. The van der Waals surface area contributed by atoms with Crippen LogP contribution in [0.15, 0.2) is 18.3 Å². The summed E-state index contributed by atoms with van der Waals surface area (Å²) in [5.41, 5.74) is 0.886. The number of hydrogen-bond acceptors (Lipinski definition) is 2. The second-order valence-electron chi connectivity index (χ2n) is 4.15. The highest BCUT2D eigenvalue weighted by atomic mass is 35.5. The number of nitrogens with zero attached hydrogens (tertiary/aromatic N) is 2. The largest absolute Gasteiger partial charge is 0.316 e.